The van der Waals surface area contributed by atoms with E-state index in [1.165, 1.54) is 5.56 Å². The molecule has 0 fully saturated rings. The molecule has 5 nitrogen and oxygen atoms in total. The van der Waals surface area contributed by atoms with Crippen LogP contribution in [-0.4, -0.2) is 26.5 Å². The highest BCUT2D eigenvalue weighted by Crippen LogP contribution is 2.21. The van der Waals surface area contributed by atoms with Crippen molar-refractivity contribution in [1.82, 2.24) is 14.9 Å². The molecule has 6 heteroatoms. The van der Waals surface area contributed by atoms with Gasteiger partial charge in [0.25, 0.3) is 0 Å². The lowest BCUT2D eigenvalue weighted by Crippen LogP contribution is -2.31. The van der Waals surface area contributed by atoms with Crippen molar-refractivity contribution in [2.75, 3.05) is 5.75 Å². The van der Waals surface area contributed by atoms with Crippen molar-refractivity contribution in [2.45, 2.75) is 32.2 Å². The molecule has 0 saturated heterocycles. The third kappa shape index (κ3) is 6.56. The van der Waals surface area contributed by atoms with E-state index in [1.54, 1.807) is 24.2 Å². The quantitative estimate of drug-likeness (QED) is 0.303. The van der Waals surface area contributed by atoms with Gasteiger partial charge in [0.2, 0.25) is 11.8 Å². The average molecular weight is 458 g/mol. The van der Waals surface area contributed by atoms with Gasteiger partial charge in [0.15, 0.2) is 0 Å². The Hall–Kier alpha value is -3.38. The second-order valence-electron chi connectivity index (χ2n) is 7.78. The van der Waals surface area contributed by atoms with Gasteiger partial charge in [0.1, 0.15) is 6.26 Å². The zero-order valence-electron chi connectivity index (χ0n) is 18.7. The number of nitrogens with zero attached hydrogens (tertiary/aromatic N) is 3. The van der Waals surface area contributed by atoms with Crippen molar-refractivity contribution in [3.63, 3.8) is 0 Å². The molecule has 33 heavy (non-hydrogen) atoms. The molecule has 4 aromatic rings. The van der Waals surface area contributed by atoms with Gasteiger partial charge in [0.05, 0.1) is 11.4 Å². The summed E-state index contributed by atoms with van der Waals surface area (Å²) in [6.45, 7) is 3.24. The Labute approximate surface area is 198 Å². The molecule has 0 N–H and O–H groups in total. The smallest absolute Gasteiger partial charge is 0.233 e. The molecule has 0 aliphatic rings. The number of carbonyl (C=O) groups excluding carboxylic acids is 1. The number of benzene rings is 2. The van der Waals surface area contributed by atoms with Gasteiger partial charge in [-0.25, -0.2) is 4.98 Å². The summed E-state index contributed by atoms with van der Waals surface area (Å²) < 4.78 is 5.61. The summed E-state index contributed by atoms with van der Waals surface area (Å²) in [7, 11) is 0. The van der Waals surface area contributed by atoms with Crippen LogP contribution in [0.3, 0.4) is 0 Å². The highest BCUT2D eigenvalue weighted by molar-refractivity contribution is 7.99. The van der Waals surface area contributed by atoms with Crippen molar-refractivity contribution in [2.24, 2.45) is 0 Å². The fraction of sp³-hybridized carbons (Fsp3) is 0.222. The second-order valence-corrected chi connectivity index (χ2v) is 8.77. The first-order valence-corrected chi connectivity index (χ1v) is 12.2. The molecule has 0 unspecified atom stereocenters. The standard InChI is InChI=1S/C27H27N3O2S/c1-2-21-10-12-22(13-11-21)16-30(17-23-7-6-14-28-15-23)26(31)20-33-19-25-18-32-27(29-25)24-8-4-3-5-9-24/h3-15,18H,2,16-17,19-20H2,1H3. The van der Waals surface area contributed by atoms with E-state index in [-0.39, 0.29) is 5.91 Å². The van der Waals surface area contributed by atoms with Crippen LogP contribution in [0.15, 0.2) is 89.8 Å². The van der Waals surface area contributed by atoms with Gasteiger partial charge in [-0.15, -0.1) is 11.8 Å². The Balaban J connectivity index is 1.37. The number of aromatic nitrogens is 2. The Kier molecular flexibility index (Phi) is 7.93. The molecule has 1 amide bonds. The van der Waals surface area contributed by atoms with Crippen LogP contribution in [0.1, 0.15) is 29.3 Å². The van der Waals surface area contributed by atoms with Crippen LogP contribution >= 0.6 is 11.8 Å². The lowest BCUT2D eigenvalue weighted by molar-refractivity contribution is -0.129. The van der Waals surface area contributed by atoms with Crippen LogP contribution in [0.4, 0.5) is 0 Å². The van der Waals surface area contributed by atoms with Gasteiger partial charge in [0, 0.05) is 36.8 Å². The van der Waals surface area contributed by atoms with Crippen molar-refractivity contribution < 1.29 is 9.21 Å². The minimum atomic E-state index is 0.0928. The predicted octanol–water partition coefficient (Wildman–Crippen LogP) is 5.76. The van der Waals surface area contributed by atoms with Crippen LogP contribution in [0.2, 0.25) is 0 Å². The zero-order valence-corrected chi connectivity index (χ0v) is 19.5. The molecule has 2 heterocycles. The van der Waals surface area contributed by atoms with E-state index in [1.807, 2.05) is 53.6 Å². The van der Waals surface area contributed by atoms with Crippen LogP contribution < -0.4 is 0 Å². The summed E-state index contributed by atoms with van der Waals surface area (Å²) in [6, 6.07) is 22.2. The number of rotatable bonds is 10. The molecule has 0 saturated carbocycles. The molecule has 168 valence electrons. The van der Waals surface area contributed by atoms with Gasteiger partial charge >= 0.3 is 0 Å². The highest BCUT2D eigenvalue weighted by atomic mass is 32.2. The highest BCUT2D eigenvalue weighted by Gasteiger charge is 2.16. The summed E-state index contributed by atoms with van der Waals surface area (Å²) in [5.74, 6) is 1.69. The predicted molar refractivity (Wildman–Crippen MR) is 132 cm³/mol. The van der Waals surface area contributed by atoms with E-state index >= 15 is 0 Å². The fourth-order valence-corrected chi connectivity index (χ4v) is 4.27. The van der Waals surface area contributed by atoms with Crippen LogP contribution in [0.25, 0.3) is 11.5 Å². The maximum Gasteiger partial charge on any atom is 0.233 e. The molecule has 0 spiro atoms. The lowest BCUT2D eigenvalue weighted by Gasteiger charge is -2.23. The maximum absolute atomic E-state index is 13.1. The minimum Gasteiger partial charge on any atom is -0.444 e. The lowest BCUT2D eigenvalue weighted by atomic mass is 10.1. The number of thioether (sulfide) groups is 1. The number of hydrogen-bond acceptors (Lipinski definition) is 5. The van der Waals surface area contributed by atoms with Crippen molar-refractivity contribution >= 4 is 17.7 Å². The SMILES string of the molecule is CCc1ccc(CN(Cc2cccnc2)C(=O)CSCc2coc(-c3ccccc3)n2)cc1. The molecule has 0 bridgehead atoms. The number of carbonyl (C=O) groups is 1. The fourth-order valence-electron chi connectivity index (χ4n) is 3.47. The Morgan fingerprint density at radius 1 is 0.939 bits per heavy atom. The number of hydrogen-bond donors (Lipinski definition) is 0. The van der Waals surface area contributed by atoms with Gasteiger partial charge in [-0.2, -0.15) is 0 Å². The first kappa shape index (κ1) is 22.8. The number of amides is 1. The minimum absolute atomic E-state index is 0.0928. The van der Waals surface area contributed by atoms with Gasteiger partial charge in [-0.1, -0.05) is 55.5 Å². The normalized spacial score (nSPS) is 10.8. The molecular formula is C27H27N3O2S. The van der Waals surface area contributed by atoms with E-state index in [0.29, 0.717) is 30.5 Å². The summed E-state index contributed by atoms with van der Waals surface area (Å²) in [6.07, 6.45) is 6.23. The monoisotopic (exact) mass is 457 g/mol. The average Bonchev–Trinajstić information content (AvgIpc) is 3.34. The van der Waals surface area contributed by atoms with E-state index < -0.39 is 0 Å². The van der Waals surface area contributed by atoms with Gasteiger partial charge < -0.3 is 9.32 Å². The Bertz CT molecular complexity index is 1140. The largest absolute Gasteiger partial charge is 0.444 e. The number of aryl methyl sites for hydroxylation is 1. The molecule has 0 radical (unpaired) electrons. The Morgan fingerprint density at radius 2 is 1.70 bits per heavy atom. The number of pyridine rings is 1. The molecule has 2 aromatic heterocycles. The first-order valence-electron chi connectivity index (χ1n) is 11.0. The van der Waals surface area contributed by atoms with Crippen LogP contribution in [-0.2, 0) is 30.1 Å². The molecule has 0 atom stereocenters. The van der Waals surface area contributed by atoms with Crippen molar-refractivity contribution in [3.8, 4) is 11.5 Å². The van der Waals surface area contributed by atoms with E-state index in [9.17, 15) is 4.79 Å². The first-order chi connectivity index (χ1) is 16.2. The van der Waals surface area contributed by atoms with E-state index in [4.69, 9.17) is 4.42 Å². The summed E-state index contributed by atoms with van der Waals surface area (Å²) in [4.78, 5) is 23.8. The molecule has 2 aromatic carbocycles. The summed E-state index contributed by atoms with van der Waals surface area (Å²) in [5.41, 5.74) is 5.22. The van der Waals surface area contributed by atoms with Crippen molar-refractivity contribution in [1.29, 1.82) is 0 Å². The van der Waals surface area contributed by atoms with Crippen molar-refractivity contribution in [3.05, 3.63) is 108 Å². The van der Waals surface area contributed by atoms with Crippen LogP contribution in [0, 0.1) is 0 Å². The summed E-state index contributed by atoms with van der Waals surface area (Å²) >= 11 is 1.55. The van der Waals surface area contributed by atoms with E-state index in [0.717, 1.165) is 28.8 Å². The van der Waals surface area contributed by atoms with Gasteiger partial charge in [-0.05, 0) is 41.3 Å². The van der Waals surface area contributed by atoms with E-state index in [2.05, 4.69) is 41.2 Å². The molecule has 4 rings (SSSR count). The summed E-state index contributed by atoms with van der Waals surface area (Å²) in [5, 5.41) is 0. The third-order valence-electron chi connectivity index (χ3n) is 5.30. The topological polar surface area (TPSA) is 59.2 Å². The third-order valence-corrected chi connectivity index (χ3v) is 6.25. The number of oxazole rings is 1. The zero-order chi connectivity index (χ0) is 22.9. The molecule has 0 aliphatic carbocycles. The van der Waals surface area contributed by atoms with Crippen LogP contribution in [0.5, 0.6) is 0 Å². The van der Waals surface area contributed by atoms with Gasteiger partial charge in [-0.3, -0.25) is 9.78 Å². The Morgan fingerprint density at radius 3 is 2.42 bits per heavy atom. The maximum atomic E-state index is 13.1. The molecule has 0 aliphatic heterocycles. The second kappa shape index (κ2) is 11.5. The molecular weight excluding hydrogens is 430 g/mol.